The van der Waals surface area contributed by atoms with Gasteiger partial charge < -0.3 is 20.7 Å². The smallest absolute Gasteiger partial charge is 0.340 e. The molecule has 3 N–H and O–H groups in total. The third-order valence-electron chi connectivity index (χ3n) is 3.57. The summed E-state index contributed by atoms with van der Waals surface area (Å²) in [6, 6.07) is 2.05. The summed E-state index contributed by atoms with van der Waals surface area (Å²) < 4.78 is 4.68. The van der Waals surface area contributed by atoms with E-state index in [1.165, 1.54) is 20.0 Å². The number of hydrogen-bond donors (Lipinski definition) is 2. The lowest BCUT2D eigenvalue weighted by atomic mass is 10.2. The van der Waals surface area contributed by atoms with Crippen LogP contribution in [-0.4, -0.2) is 49.1 Å². The van der Waals surface area contributed by atoms with E-state index in [1.54, 1.807) is 12.3 Å². The summed E-state index contributed by atoms with van der Waals surface area (Å²) in [5.41, 5.74) is 6.63. The first-order valence-corrected chi connectivity index (χ1v) is 6.40. The van der Waals surface area contributed by atoms with Crippen molar-refractivity contribution in [1.29, 1.82) is 0 Å². The fourth-order valence-corrected chi connectivity index (χ4v) is 2.35. The molecule has 104 valence electrons. The Morgan fingerprint density at radius 1 is 1.68 bits per heavy atom. The number of nitrogens with one attached hydrogen (secondary N) is 1. The van der Waals surface area contributed by atoms with E-state index in [9.17, 15) is 4.79 Å². The van der Waals surface area contributed by atoms with Crippen molar-refractivity contribution in [2.45, 2.75) is 18.9 Å². The number of methoxy groups -OCH3 is 1. The molecule has 0 bridgehead atoms. The van der Waals surface area contributed by atoms with Crippen LogP contribution in [0.3, 0.4) is 0 Å². The summed E-state index contributed by atoms with van der Waals surface area (Å²) in [5.74, 6) is 0.101. The zero-order valence-electron chi connectivity index (χ0n) is 11.3. The summed E-state index contributed by atoms with van der Waals surface area (Å²) >= 11 is 0. The van der Waals surface area contributed by atoms with Gasteiger partial charge in [0, 0.05) is 18.8 Å². The highest BCUT2D eigenvalue weighted by Crippen LogP contribution is 2.22. The molecular weight excluding hydrogens is 244 g/mol. The number of aromatic nitrogens is 1. The van der Waals surface area contributed by atoms with Gasteiger partial charge in [-0.3, -0.25) is 0 Å². The van der Waals surface area contributed by atoms with Crippen molar-refractivity contribution in [3.05, 3.63) is 17.8 Å². The second-order valence-electron chi connectivity index (χ2n) is 4.77. The van der Waals surface area contributed by atoms with E-state index in [0.29, 0.717) is 23.1 Å². The van der Waals surface area contributed by atoms with Crippen molar-refractivity contribution in [2.75, 3.05) is 38.3 Å². The Kier molecular flexibility index (Phi) is 4.21. The fourth-order valence-electron chi connectivity index (χ4n) is 2.35. The number of nitrogen functional groups attached to an aromatic ring is 1. The molecule has 0 amide bonds. The predicted octanol–water partition coefficient (Wildman–Crippen LogP) is 0.956. The number of hydrogen-bond acceptors (Lipinski definition) is 6. The Balaban J connectivity index is 2.06. The number of rotatable bonds is 4. The molecular formula is C13H20N4O2. The highest BCUT2D eigenvalue weighted by atomic mass is 16.5. The topological polar surface area (TPSA) is 80.5 Å². The summed E-state index contributed by atoms with van der Waals surface area (Å²) in [5, 5.41) is 3.22. The van der Waals surface area contributed by atoms with Crippen LogP contribution in [0.15, 0.2) is 12.3 Å². The first-order chi connectivity index (χ1) is 9.13. The van der Waals surface area contributed by atoms with Crippen molar-refractivity contribution >= 4 is 17.5 Å². The molecule has 1 atom stereocenters. The van der Waals surface area contributed by atoms with Crippen LogP contribution >= 0.6 is 0 Å². The predicted molar refractivity (Wildman–Crippen MR) is 74.1 cm³/mol. The van der Waals surface area contributed by atoms with Crippen LogP contribution in [0.4, 0.5) is 11.5 Å². The van der Waals surface area contributed by atoms with E-state index in [4.69, 9.17) is 5.73 Å². The minimum atomic E-state index is -0.444. The largest absolute Gasteiger partial charge is 0.465 e. The molecule has 0 spiro atoms. The van der Waals surface area contributed by atoms with Gasteiger partial charge in [-0.15, -0.1) is 0 Å². The number of likely N-dealkylation sites (N-methyl/N-ethyl adjacent to an activating group) is 1. The number of likely N-dealkylation sites (tertiary alicyclic amines) is 1. The summed E-state index contributed by atoms with van der Waals surface area (Å²) in [4.78, 5) is 18.0. The van der Waals surface area contributed by atoms with Crippen LogP contribution in [-0.2, 0) is 4.74 Å². The first kappa shape index (κ1) is 13.6. The second kappa shape index (κ2) is 5.88. The molecule has 1 aliphatic heterocycles. The van der Waals surface area contributed by atoms with E-state index in [2.05, 4.69) is 27.0 Å². The zero-order valence-corrected chi connectivity index (χ0v) is 11.3. The highest BCUT2D eigenvalue weighted by Gasteiger charge is 2.21. The van der Waals surface area contributed by atoms with E-state index in [0.717, 1.165) is 13.1 Å². The standard InChI is InChI=1S/C13H20N4O2/c1-17-7-3-4-9(17)8-16-12-11(14)10(5-6-15-12)13(18)19-2/h5-6,9H,3-4,7-8,14H2,1-2H3,(H,15,16). The van der Waals surface area contributed by atoms with Crippen LogP contribution in [0.25, 0.3) is 0 Å². The molecule has 6 heteroatoms. The van der Waals surface area contributed by atoms with Crippen LogP contribution in [0.1, 0.15) is 23.2 Å². The van der Waals surface area contributed by atoms with Gasteiger partial charge in [-0.1, -0.05) is 0 Å². The maximum atomic E-state index is 11.5. The summed E-state index contributed by atoms with van der Waals surface area (Å²) in [6.45, 7) is 1.90. The minimum Gasteiger partial charge on any atom is -0.465 e. The summed E-state index contributed by atoms with van der Waals surface area (Å²) in [7, 11) is 3.45. The maximum absolute atomic E-state index is 11.5. The number of ether oxygens (including phenoxy) is 1. The average Bonchev–Trinajstić information content (AvgIpc) is 2.82. The Hall–Kier alpha value is -1.82. The van der Waals surface area contributed by atoms with Crippen molar-refractivity contribution in [3.63, 3.8) is 0 Å². The van der Waals surface area contributed by atoms with E-state index in [1.807, 2.05) is 0 Å². The number of carbonyl (C=O) groups is 1. The van der Waals surface area contributed by atoms with Crippen LogP contribution in [0, 0.1) is 0 Å². The molecule has 2 rings (SSSR count). The second-order valence-corrected chi connectivity index (χ2v) is 4.77. The number of nitrogens with zero attached hydrogens (tertiary/aromatic N) is 2. The third kappa shape index (κ3) is 2.96. The molecule has 1 fully saturated rings. The lowest BCUT2D eigenvalue weighted by Gasteiger charge is -2.20. The number of carbonyl (C=O) groups excluding carboxylic acids is 1. The Morgan fingerprint density at radius 2 is 2.47 bits per heavy atom. The normalized spacial score (nSPS) is 19.4. The van der Waals surface area contributed by atoms with Crippen LogP contribution in [0.5, 0.6) is 0 Å². The Morgan fingerprint density at radius 3 is 3.11 bits per heavy atom. The number of nitrogens with two attached hydrogens (primary N) is 1. The fraction of sp³-hybridized carbons (Fsp3) is 0.538. The van der Waals surface area contributed by atoms with Crippen LogP contribution < -0.4 is 11.1 Å². The molecule has 1 aliphatic rings. The highest BCUT2D eigenvalue weighted by molar-refractivity contribution is 5.97. The van der Waals surface area contributed by atoms with E-state index < -0.39 is 5.97 Å². The number of anilines is 2. The van der Waals surface area contributed by atoms with Crippen molar-refractivity contribution < 1.29 is 9.53 Å². The van der Waals surface area contributed by atoms with Gasteiger partial charge in [0.2, 0.25) is 0 Å². The van der Waals surface area contributed by atoms with Crippen LogP contribution in [0.2, 0.25) is 0 Å². The number of esters is 1. The number of pyridine rings is 1. The van der Waals surface area contributed by atoms with Gasteiger partial charge in [0.05, 0.1) is 18.4 Å². The average molecular weight is 264 g/mol. The Bertz CT molecular complexity index is 464. The van der Waals surface area contributed by atoms with Gasteiger partial charge in [-0.2, -0.15) is 0 Å². The van der Waals surface area contributed by atoms with Gasteiger partial charge >= 0.3 is 5.97 Å². The molecule has 0 aliphatic carbocycles. The lowest BCUT2D eigenvalue weighted by Crippen LogP contribution is -2.32. The van der Waals surface area contributed by atoms with Gasteiger partial charge in [0.1, 0.15) is 5.82 Å². The monoisotopic (exact) mass is 264 g/mol. The minimum absolute atomic E-state index is 0.343. The van der Waals surface area contributed by atoms with E-state index >= 15 is 0 Å². The van der Waals surface area contributed by atoms with Crippen molar-refractivity contribution in [3.8, 4) is 0 Å². The van der Waals surface area contributed by atoms with Crippen molar-refractivity contribution in [2.24, 2.45) is 0 Å². The molecule has 1 aromatic heterocycles. The lowest BCUT2D eigenvalue weighted by molar-refractivity contribution is 0.0602. The summed E-state index contributed by atoms with van der Waals surface area (Å²) in [6.07, 6.45) is 3.94. The van der Waals surface area contributed by atoms with E-state index in [-0.39, 0.29) is 0 Å². The molecule has 19 heavy (non-hydrogen) atoms. The first-order valence-electron chi connectivity index (χ1n) is 6.40. The van der Waals surface area contributed by atoms with Gasteiger partial charge in [-0.25, -0.2) is 9.78 Å². The zero-order chi connectivity index (χ0) is 13.8. The molecule has 1 saturated heterocycles. The molecule has 2 heterocycles. The maximum Gasteiger partial charge on any atom is 0.340 e. The molecule has 1 aromatic rings. The molecule has 0 saturated carbocycles. The molecule has 0 radical (unpaired) electrons. The Labute approximate surface area is 112 Å². The SMILES string of the molecule is COC(=O)c1ccnc(NCC2CCCN2C)c1N. The van der Waals surface area contributed by atoms with Gasteiger partial charge in [0.15, 0.2) is 0 Å². The molecule has 0 aromatic carbocycles. The van der Waals surface area contributed by atoms with Crippen molar-refractivity contribution in [1.82, 2.24) is 9.88 Å². The quantitative estimate of drug-likeness (QED) is 0.788. The third-order valence-corrected chi connectivity index (χ3v) is 3.57. The molecule has 6 nitrogen and oxygen atoms in total. The molecule has 1 unspecified atom stereocenters. The van der Waals surface area contributed by atoms with Gasteiger partial charge in [0.25, 0.3) is 0 Å². The van der Waals surface area contributed by atoms with Gasteiger partial charge in [-0.05, 0) is 32.5 Å².